The Hall–Kier alpha value is -1.83. The van der Waals surface area contributed by atoms with Crippen molar-refractivity contribution in [1.29, 1.82) is 0 Å². The number of hydrogen-bond donors (Lipinski definition) is 2. The second-order valence-corrected chi connectivity index (χ2v) is 4.63. The van der Waals surface area contributed by atoms with Crippen LogP contribution in [-0.4, -0.2) is 35.1 Å². The smallest absolute Gasteiger partial charge is 0.231 e. The lowest BCUT2D eigenvalue weighted by molar-refractivity contribution is -0.119. The van der Waals surface area contributed by atoms with Gasteiger partial charge < -0.3 is 10.8 Å². The fourth-order valence-electron chi connectivity index (χ4n) is 1.74. The molecular formula is C15H20N2O2. The van der Waals surface area contributed by atoms with E-state index in [0.717, 1.165) is 11.1 Å². The molecule has 0 radical (unpaired) electrons. The van der Waals surface area contributed by atoms with Gasteiger partial charge in [-0.3, -0.25) is 9.69 Å². The van der Waals surface area contributed by atoms with E-state index in [1.807, 2.05) is 43.0 Å². The molecule has 0 bridgehead atoms. The van der Waals surface area contributed by atoms with E-state index in [-0.39, 0.29) is 25.1 Å². The maximum Gasteiger partial charge on any atom is 0.231 e. The highest BCUT2D eigenvalue weighted by atomic mass is 16.2. The van der Waals surface area contributed by atoms with Crippen molar-refractivity contribution in [2.24, 2.45) is 5.73 Å². The molecule has 0 aromatic heterocycles. The van der Waals surface area contributed by atoms with Crippen LogP contribution in [0.5, 0.6) is 0 Å². The minimum Gasteiger partial charge on any atom is -0.384 e. The van der Waals surface area contributed by atoms with Gasteiger partial charge in [0.25, 0.3) is 0 Å². The molecule has 1 rings (SSSR count). The molecule has 0 fully saturated rings. The van der Waals surface area contributed by atoms with Crippen LogP contribution < -0.4 is 5.73 Å². The SMILES string of the molecule is CC(C)N(CC(N)=O)Cc1cccc(C#CCO)c1. The molecule has 1 aromatic carbocycles. The third kappa shape index (κ3) is 5.56. The number of carbonyl (C=O) groups is 1. The van der Waals surface area contributed by atoms with E-state index in [2.05, 4.69) is 11.8 Å². The van der Waals surface area contributed by atoms with E-state index in [0.29, 0.717) is 6.54 Å². The largest absolute Gasteiger partial charge is 0.384 e. The number of carbonyl (C=O) groups excluding carboxylic acids is 1. The van der Waals surface area contributed by atoms with Crippen LogP contribution in [0.1, 0.15) is 25.0 Å². The molecule has 19 heavy (non-hydrogen) atoms. The first-order chi connectivity index (χ1) is 9.02. The van der Waals surface area contributed by atoms with Gasteiger partial charge >= 0.3 is 0 Å². The van der Waals surface area contributed by atoms with Crippen molar-refractivity contribution in [2.75, 3.05) is 13.2 Å². The summed E-state index contributed by atoms with van der Waals surface area (Å²) in [6.07, 6.45) is 0. The van der Waals surface area contributed by atoms with Crippen LogP contribution >= 0.6 is 0 Å². The molecule has 102 valence electrons. The predicted molar refractivity (Wildman–Crippen MR) is 75.1 cm³/mol. The Bertz CT molecular complexity index is 486. The topological polar surface area (TPSA) is 66.6 Å². The highest BCUT2D eigenvalue weighted by molar-refractivity contribution is 5.75. The number of amides is 1. The summed E-state index contributed by atoms with van der Waals surface area (Å²) in [5.41, 5.74) is 7.17. The maximum atomic E-state index is 11.0. The first-order valence-corrected chi connectivity index (χ1v) is 6.24. The second-order valence-electron chi connectivity index (χ2n) is 4.63. The van der Waals surface area contributed by atoms with Crippen LogP contribution in [0.2, 0.25) is 0 Å². The summed E-state index contributed by atoms with van der Waals surface area (Å²) in [6.45, 7) is 4.79. The summed E-state index contributed by atoms with van der Waals surface area (Å²) in [5, 5.41) is 8.68. The molecular weight excluding hydrogens is 240 g/mol. The van der Waals surface area contributed by atoms with Crippen LogP contribution in [0.15, 0.2) is 24.3 Å². The van der Waals surface area contributed by atoms with Gasteiger partial charge in [-0.1, -0.05) is 24.0 Å². The van der Waals surface area contributed by atoms with Crippen LogP contribution in [0.3, 0.4) is 0 Å². The molecule has 0 spiro atoms. The number of benzene rings is 1. The van der Waals surface area contributed by atoms with Gasteiger partial charge in [0.2, 0.25) is 5.91 Å². The lowest BCUT2D eigenvalue weighted by Crippen LogP contribution is -2.37. The highest BCUT2D eigenvalue weighted by Crippen LogP contribution is 2.10. The number of hydrogen-bond acceptors (Lipinski definition) is 3. The molecule has 0 aliphatic rings. The standard InChI is InChI=1S/C15H20N2O2/c1-12(2)17(11-15(16)19)10-14-6-3-5-13(9-14)7-4-8-18/h3,5-6,9,12,18H,8,10-11H2,1-2H3,(H2,16,19). The summed E-state index contributed by atoms with van der Waals surface area (Å²) in [7, 11) is 0. The molecule has 0 heterocycles. The van der Waals surface area contributed by atoms with Crippen LogP contribution in [0.4, 0.5) is 0 Å². The predicted octanol–water partition coefficient (Wildman–Crippen LogP) is 0.726. The molecule has 0 aliphatic heterocycles. The second kappa shape index (κ2) is 7.57. The Labute approximate surface area is 114 Å². The monoisotopic (exact) mass is 260 g/mol. The van der Waals surface area contributed by atoms with Crippen molar-refractivity contribution in [1.82, 2.24) is 4.90 Å². The molecule has 0 saturated heterocycles. The van der Waals surface area contributed by atoms with E-state index in [1.165, 1.54) is 0 Å². The molecule has 0 saturated carbocycles. The highest BCUT2D eigenvalue weighted by Gasteiger charge is 2.12. The van der Waals surface area contributed by atoms with Crippen LogP contribution in [0.25, 0.3) is 0 Å². The third-order valence-corrected chi connectivity index (χ3v) is 2.71. The first-order valence-electron chi connectivity index (χ1n) is 6.24. The Morgan fingerprint density at radius 2 is 2.21 bits per heavy atom. The molecule has 0 atom stereocenters. The number of aliphatic hydroxyl groups is 1. The molecule has 4 heteroatoms. The van der Waals surface area contributed by atoms with Gasteiger partial charge in [0.15, 0.2) is 0 Å². The average molecular weight is 260 g/mol. The van der Waals surface area contributed by atoms with Crippen molar-refractivity contribution >= 4 is 5.91 Å². The lowest BCUT2D eigenvalue weighted by Gasteiger charge is -2.25. The molecule has 0 unspecified atom stereocenters. The van der Waals surface area contributed by atoms with E-state index in [1.54, 1.807) is 0 Å². The van der Waals surface area contributed by atoms with Gasteiger partial charge in [-0.05, 0) is 31.5 Å². The van der Waals surface area contributed by atoms with Gasteiger partial charge in [-0.25, -0.2) is 0 Å². The molecule has 4 nitrogen and oxygen atoms in total. The van der Waals surface area contributed by atoms with E-state index in [9.17, 15) is 4.79 Å². The van der Waals surface area contributed by atoms with Gasteiger partial charge in [0.1, 0.15) is 6.61 Å². The zero-order valence-electron chi connectivity index (χ0n) is 11.4. The fraction of sp³-hybridized carbons (Fsp3) is 0.400. The Balaban J connectivity index is 2.81. The zero-order valence-corrected chi connectivity index (χ0v) is 11.4. The maximum absolute atomic E-state index is 11.0. The number of aliphatic hydroxyl groups excluding tert-OH is 1. The Morgan fingerprint density at radius 1 is 1.47 bits per heavy atom. The van der Waals surface area contributed by atoms with Crippen LogP contribution in [0, 0.1) is 11.8 Å². The fourth-order valence-corrected chi connectivity index (χ4v) is 1.74. The average Bonchev–Trinajstić information content (AvgIpc) is 2.35. The minimum absolute atomic E-state index is 0.149. The quantitative estimate of drug-likeness (QED) is 0.767. The summed E-state index contributed by atoms with van der Waals surface area (Å²) in [6, 6.07) is 7.98. The van der Waals surface area contributed by atoms with Crippen molar-refractivity contribution in [3.63, 3.8) is 0 Å². The first kappa shape index (κ1) is 15.2. The molecule has 1 aromatic rings. The minimum atomic E-state index is -0.329. The van der Waals surface area contributed by atoms with Crippen LogP contribution in [-0.2, 0) is 11.3 Å². The molecule has 0 aliphatic carbocycles. The van der Waals surface area contributed by atoms with Crippen molar-refractivity contribution in [3.05, 3.63) is 35.4 Å². The van der Waals surface area contributed by atoms with E-state index >= 15 is 0 Å². The van der Waals surface area contributed by atoms with Gasteiger partial charge in [-0.15, -0.1) is 0 Å². The summed E-state index contributed by atoms with van der Waals surface area (Å²) < 4.78 is 0. The molecule has 3 N–H and O–H groups in total. The lowest BCUT2D eigenvalue weighted by atomic mass is 10.1. The number of rotatable bonds is 5. The van der Waals surface area contributed by atoms with Gasteiger partial charge in [-0.2, -0.15) is 0 Å². The van der Waals surface area contributed by atoms with Gasteiger partial charge in [0, 0.05) is 18.2 Å². The Morgan fingerprint density at radius 3 is 2.79 bits per heavy atom. The summed E-state index contributed by atoms with van der Waals surface area (Å²) >= 11 is 0. The molecule has 1 amide bonds. The number of nitrogens with two attached hydrogens (primary N) is 1. The summed E-state index contributed by atoms with van der Waals surface area (Å²) in [4.78, 5) is 13.0. The van der Waals surface area contributed by atoms with E-state index in [4.69, 9.17) is 10.8 Å². The van der Waals surface area contributed by atoms with Crippen molar-refractivity contribution in [2.45, 2.75) is 26.4 Å². The summed E-state index contributed by atoms with van der Waals surface area (Å²) in [5.74, 6) is 5.16. The zero-order chi connectivity index (χ0) is 14.3. The number of primary amides is 1. The normalized spacial score (nSPS) is 10.4. The van der Waals surface area contributed by atoms with E-state index < -0.39 is 0 Å². The van der Waals surface area contributed by atoms with Gasteiger partial charge in [0.05, 0.1) is 6.54 Å². The third-order valence-electron chi connectivity index (χ3n) is 2.71. The van der Waals surface area contributed by atoms with Crippen molar-refractivity contribution < 1.29 is 9.90 Å². The number of nitrogens with zero attached hydrogens (tertiary/aromatic N) is 1. The Kier molecular flexibility index (Phi) is 6.07. The van der Waals surface area contributed by atoms with Crippen molar-refractivity contribution in [3.8, 4) is 11.8 Å².